The van der Waals surface area contributed by atoms with Crippen LogP contribution in [0, 0.1) is 5.92 Å². The summed E-state index contributed by atoms with van der Waals surface area (Å²) >= 11 is 0. The molecule has 1 saturated carbocycles. The van der Waals surface area contributed by atoms with Gasteiger partial charge in [-0.1, -0.05) is 25.7 Å². The molecule has 0 aliphatic heterocycles. The minimum Gasteiger partial charge on any atom is -0.456 e. The number of hydrogen-bond acceptors (Lipinski definition) is 6. The van der Waals surface area contributed by atoms with Crippen molar-refractivity contribution in [2.75, 3.05) is 7.05 Å². The molecule has 1 fully saturated rings. The van der Waals surface area contributed by atoms with E-state index in [1.165, 1.54) is 12.4 Å². The van der Waals surface area contributed by atoms with E-state index in [1.54, 1.807) is 55.8 Å². The Kier molecular flexibility index (Phi) is 8.36. The molecular weight excluding hydrogens is 406 g/mol. The number of hydrogen-bond donors (Lipinski definition) is 3. The number of ether oxygens (including phenoxy) is 1. The molecule has 1 heterocycles. The fourth-order valence-electron chi connectivity index (χ4n) is 3.76. The van der Waals surface area contributed by atoms with Crippen molar-refractivity contribution in [1.29, 1.82) is 0 Å². The van der Waals surface area contributed by atoms with Crippen LogP contribution in [0.1, 0.15) is 42.5 Å². The van der Waals surface area contributed by atoms with Gasteiger partial charge in [0.05, 0.1) is 11.9 Å². The van der Waals surface area contributed by atoms with Gasteiger partial charge in [-0.3, -0.25) is 19.6 Å². The number of aliphatic imine (C=N–C) groups is 1. The molecule has 4 N–H and O–H groups in total. The number of carbonyl (C=O) groups is 2. The number of nitrogens with one attached hydrogen (secondary N) is 2. The van der Waals surface area contributed by atoms with E-state index in [0.717, 1.165) is 25.7 Å². The largest absolute Gasteiger partial charge is 0.456 e. The van der Waals surface area contributed by atoms with Crippen LogP contribution in [-0.2, 0) is 4.79 Å². The maximum Gasteiger partial charge on any atom is 0.251 e. The summed E-state index contributed by atoms with van der Waals surface area (Å²) in [6, 6.07) is 9.66. The summed E-state index contributed by atoms with van der Waals surface area (Å²) in [5.74, 6) is 0.979. The average molecular weight is 436 g/mol. The van der Waals surface area contributed by atoms with E-state index >= 15 is 0 Å². The van der Waals surface area contributed by atoms with Gasteiger partial charge in [0.2, 0.25) is 5.91 Å². The molecule has 0 radical (unpaired) electrons. The molecule has 1 aliphatic rings. The Morgan fingerprint density at radius 1 is 1.22 bits per heavy atom. The highest BCUT2D eigenvalue weighted by Crippen LogP contribution is 2.29. The lowest BCUT2D eigenvalue weighted by Crippen LogP contribution is -2.47. The summed E-state index contributed by atoms with van der Waals surface area (Å²) in [5, 5.41) is 5.63. The number of amides is 2. The number of carbonyl (C=O) groups excluding carboxylic acids is 2. The van der Waals surface area contributed by atoms with Crippen molar-refractivity contribution in [2.45, 2.75) is 38.1 Å². The normalized spacial score (nSPS) is 15.5. The maximum absolute atomic E-state index is 12.9. The molecule has 8 nitrogen and oxygen atoms in total. The van der Waals surface area contributed by atoms with Crippen LogP contribution in [-0.4, -0.2) is 36.1 Å². The zero-order valence-corrected chi connectivity index (χ0v) is 18.2. The SMILES string of the molecule is CN=C/C(=C\N)NC(=O)C(CC1CCCC1)NC(=O)c1ccc(Oc2cccnc2)cc1. The van der Waals surface area contributed by atoms with E-state index in [-0.39, 0.29) is 11.8 Å². The molecule has 2 amide bonds. The van der Waals surface area contributed by atoms with Gasteiger partial charge in [-0.15, -0.1) is 0 Å². The van der Waals surface area contributed by atoms with Gasteiger partial charge in [0.25, 0.3) is 5.91 Å². The Labute approximate surface area is 188 Å². The monoisotopic (exact) mass is 435 g/mol. The lowest BCUT2D eigenvalue weighted by atomic mass is 9.97. The lowest BCUT2D eigenvalue weighted by Gasteiger charge is -2.21. The summed E-state index contributed by atoms with van der Waals surface area (Å²) in [7, 11) is 1.59. The van der Waals surface area contributed by atoms with E-state index < -0.39 is 6.04 Å². The summed E-state index contributed by atoms with van der Waals surface area (Å²) in [6.45, 7) is 0. The van der Waals surface area contributed by atoms with Crippen molar-refractivity contribution in [3.8, 4) is 11.5 Å². The zero-order chi connectivity index (χ0) is 22.8. The van der Waals surface area contributed by atoms with Gasteiger partial charge in [0, 0.05) is 31.2 Å². The van der Waals surface area contributed by atoms with Gasteiger partial charge in [-0.05, 0) is 48.7 Å². The Balaban J connectivity index is 1.67. The lowest BCUT2D eigenvalue weighted by molar-refractivity contribution is -0.122. The molecule has 1 atom stereocenters. The molecule has 3 rings (SSSR count). The van der Waals surface area contributed by atoms with E-state index in [2.05, 4.69) is 20.6 Å². The molecule has 32 heavy (non-hydrogen) atoms. The molecule has 1 aliphatic carbocycles. The third-order valence-corrected chi connectivity index (χ3v) is 5.37. The summed E-state index contributed by atoms with van der Waals surface area (Å²) in [4.78, 5) is 33.7. The number of rotatable bonds is 9. The van der Waals surface area contributed by atoms with E-state index in [4.69, 9.17) is 10.5 Å². The second-order valence-corrected chi connectivity index (χ2v) is 7.73. The van der Waals surface area contributed by atoms with Crippen LogP contribution >= 0.6 is 0 Å². The van der Waals surface area contributed by atoms with E-state index in [0.29, 0.717) is 35.1 Å². The van der Waals surface area contributed by atoms with Crippen LogP contribution in [0.2, 0.25) is 0 Å². The summed E-state index contributed by atoms with van der Waals surface area (Å²) in [5.41, 5.74) is 6.39. The third kappa shape index (κ3) is 6.66. The molecule has 8 heteroatoms. The highest BCUT2D eigenvalue weighted by molar-refractivity contribution is 5.98. The number of nitrogens with zero attached hydrogens (tertiary/aromatic N) is 2. The predicted molar refractivity (Wildman–Crippen MR) is 123 cm³/mol. The Hall–Kier alpha value is -3.68. The highest BCUT2D eigenvalue weighted by atomic mass is 16.5. The highest BCUT2D eigenvalue weighted by Gasteiger charge is 2.27. The second kappa shape index (κ2) is 11.6. The van der Waals surface area contributed by atoms with Gasteiger partial charge < -0.3 is 21.1 Å². The molecule has 168 valence electrons. The van der Waals surface area contributed by atoms with Crippen molar-refractivity contribution < 1.29 is 14.3 Å². The Bertz CT molecular complexity index is 951. The van der Waals surface area contributed by atoms with Gasteiger partial charge in [0.15, 0.2) is 0 Å². The molecular formula is C24H29N5O3. The number of allylic oxidation sites excluding steroid dienone is 1. The fourth-order valence-corrected chi connectivity index (χ4v) is 3.76. The van der Waals surface area contributed by atoms with E-state index in [9.17, 15) is 9.59 Å². The minimum absolute atomic E-state index is 0.307. The quantitative estimate of drug-likeness (QED) is 0.523. The Morgan fingerprint density at radius 3 is 2.59 bits per heavy atom. The smallest absolute Gasteiger partial charge is 0.251 e. The molecule has 0 bridgehead atoms. The molecule has 1 aromatic heterocycles. The first-order chi connectivity index (χ1) is 15.6. The number of benzene rings is 1. The molecule has 0 saturated heterocycles. The van der Waals surface area contributed by atoms with Crippen molar-refractivity contribution in [3.63, 3.8) is 0 Å². The van der Waals surface area contributed by atoms with Crippen molar-refractivity contribution in [2.24, 2.45) is 16.6 Å². The molecule has 2 aromatic rings. The van der Waals surface area contributed by atoms with Gasteiger partial charge in [-0.25, -0.2) is 0 Å². The summed E-state index contributed by atoms with van der Waals surface area (Å²) in [6.07, 6.45) is 11.0. The maximum atomic E-state index is 12.9. The topological polar surface area (TPSA) is 119 Å². The number of aromatic nitrogens is 1. The first kappa shape index (κ1) is 23.0. The fraction of sp³-hybridized carbons (Fsp3) is 0.333. The molecule has 1 aromatic carbocycles. The summed E-state index contributed by atoms with van der Waals surface area (Å²) < 4.78 is 5.71. The molecule has 0 spiro atoms. The van der Waals surface area contributed by atoms with Crippen LogP contribution in [0.4, 0.5) is 0 Å². The predicted octanol–water partition coefficient (Wildman–Crippen LogP) is 3.17. The number of pyridine rings is 1. The zero-order valence-electron chi connectivity index (χ0n) is 18.2. The van der Waals surface area contributed by atoms with Crippen molar-refractivity contribution in [1.82, 2.24) is 15.6 Å². The van der Waals surface area contributed by atoms with Gasteiger partial charge >= 0.3 is 0 Å². The van der Waals surface area contributed by atoms with Gasteiger partial charge in [-0.2, -0.15) is 0 Å². The van der Waals surface area contributed by atoms with E-state index in [1.807, 2.05) is 0 Å². The average Bonchev–Trinajstić information content (AvgIpc) is 3.32. The first-order valence-electron chi connectivity index (χ1n) is 10.7. The second-order valence-electron chi connectivity index (χ2n) is 7.73. The van der Waals surface area contributed by atoms with Crippen molar-refractivity contribution in [3.05, 3.63) is 66.3 Å². The van der Waals surface area contributed by atoms with Crippen LogP contribution in [0.3, 0.4) is 0 Å². The first-order valence-corrected chi connectivity index (χ1v) is 10.7. The standard InChI is InChI=1S/C24H29N5O3/c1-26-15-19(14-25)28-24(31)22(13-17-5-2-3-6-17)29-23(30)18-8-10-20(11-9-18)32-21-7-4-12-27-16-21/h4,7-12,14-17,22H,2-3,5-6,13,25H2,1H3,(H,28,31)(H,29,30)/b19-14+,26-15?. The van der Waals surface area contributed by atoms with Crippen LogP contribution in [0.15, 0.2) is 65.7 Å². The van der Waals surface area contributed by atoms with Crippen LogP contribution in [0.5, 0.6) is 11.5 Å². The molecule has 1 unspecified atom stereocenters. The van der Waals surface area contributed by atoms with Crippen LogP contribution in [0.25, 0.3) is 0 Å². The number of nitrogens with two attached hydrogens (primary N) is 1. The third-order valence-electron chi connectivity index (χ3n) is 5.37. The van der Waals surface area contributed by atoms with Gasteiger partial charge in [0.1, 0.15) is 17.5 Å². The van der Waals surface area contributed by atoms with Crippen molar-refractivity contribution >= 4 is 18.0 Å². The van der Waals surface area contributed by atoms with Crippen LogP contribution < -0.4 is 21.1 Å². The Morgan fingerprint density at radius 2 is 1.97 bits per heavy atom. The minimum atomic E-state index is -0.669.